The fourth-order valence-corrected chi connectivity index (χ4v) is 5.73. The maximum Gasteiger partial charge on any atom is 0.290 e. The minimum absolute atomic E-state index is 0.250. The van der Waals surface area contributed by atoms with Crippen LogP contribution in [0.15, 0.2) is 41.6 Å². The van der Waals surface area contributed by atoms with Crippen LogP contribution in [0.2, 0.25) is 0 Å². The van der Waals surface area contributed by atoms with E-state index < -0.39 is 10.0 Å². The molecule has 0 amide bonds. The molecule has 0 aliphatic carbocycles. The Morgan fingerprint density at radius 2 is 2.00 bits per heavy atom. The maximum absolute atomic E-state index is 13.8. The van der Waals surface area contributed by atoms with Gasteiger partial charge in [0.1, 0.15) is 22.5 Å². The summed E-state index contributed by atoms with van der Waals surface area (Å²) in [4.78, 5) is 15.3. The molecule has 2 aliphatic rings. The number of pyridine rings is 1. The Morgan fingerprint density at radius 3 is 2.72 bits per heavy atom. The largest absolute Gasteiger partial charge is 0.494 e. The number of nitrogens with one attached hydrogen (secondary N) is 1. The van der Waals surface area contributed by atoms with Gasteiger partial charge in [-0.05, 0) is 12.1 Å². The molecule has 10 nitrogen and oxygen atoms in total. The van der Waals surface area contributed by atoms with Gasteiger partial charge in [0.05, 0.1) is 24.3 Å². The molecule has 2 aromatic heterocycles. The molecule has 2 aliphatic heterocycles. The highest BCUT2D eigenvalue weighted by Gasteiger charge is 2.30. The van der Waals surface area contributed by atoms with E-state index in [1.165, 1.54) is 11.1 Å². The number of piperazine rings is 1. The molecule has 32 heavy (non-hydrogen) atoms. The van der Waals surface area contributed by atoms with Gasteiger partial charge in [0, 0.05) is 56.6 Å². The average molecular weight is 461 g/mol. The van der Waals surface area contributed by atoms with Crippen molar-refractivity contribution in [1.29, 1.82) is 0 Å². The van der Waals surface area contributed by atoms with E-state index in [1.807, 2.05) is 6.07 Å². The van der Waals surface area contributed by atoms with Crippen molar-refractivity contribution >= 4 is 33.2 Å². The van der Waals surface area contributed by atoms with Gasteiger partial charge in [-0.2, -0.15) is 0 Å². The van der Waals surface area contributed by atoms with Crippen molar-refractivity contribution in [1.82, 2.24) is 14.3 Å². The summed E-state index contributed by atoms with van der Waals surface area (Å²) in [5.74, 6) is 1.11. The normalized spacial score (nSPS) is 15.5. The van der Waals surface area contributed by atoms with Gasteiger partial charge < -0.3 is 24.8 Å². The van der Waals surface area contributed by atoms with Crippen molar-refractivity contribution in [2.24, 2.45) is 0 Å². The maximum atomic E-state index is 13.8. The van der Waals surface area contributed by atoms with Gasteiger partial charge >= 0.3 is 0 Å². The number of benzene rings is 1. The Labute approximate surface area is 185 Å². The lowest BCUT2D eigenvalue weighted by molar-refractivity contribution is -0.122. The number of rotatable bonds is 4. The lowest BCUT2D eigenvalue weighted by Gasteiger charge is -2.28. The molecule has 0 unspecified atom stereocenters. The Kier molecular flexibility index (Phi) is 6.19. The van der Waals surface area contributed by atoms with E-state index in [-0.39, 0.29) is 11.4 Å². The minimum Gasteiger partial charge on any atom is -0.494 e. The Bertz CT molecular complexity index is 1230. The van der Waals surface area contributed by atoms with E-state index in [4.69, 9.17) is 19.4 Å². The van der Waals surface area contributed by atoms with Crippen LogP contribution in [0.25, 0.3) is 11.0 Å². The molecule has 1 fully saturated rings. The number of aromatic nitrogens is 2. The molecule has 4 heterocycles. The molecule has 11 heteroatoms. The van der Waals surface area contributed by atoms with Crippen LogP contribution in [0.1, 0.15) is 5.56 Å². The lowest BCUT2D eigenvalue weighted by atomic mass is 10.2. The summed E-state index contributed by atoms with van der Waals surface area (Å²) in [6.07, 6.45) is 3.90. The van der Waals surface area contributed by atoms with Crippen molar-refractivity contribution in [3.63, 3.8) is 0 Å². The first-order valence-corrected chi connectivity index (χ1v) is 11.5. The van der Waals surface area contributed by atoms with Crippen molar-refractivity contribution in [2.45, 2.75) is 11.3 Å². The highest BCUT2D eigenvalue weighted by molar-refractivity contribution is 7.90. The first-order chi connectivity index (χ1) is 15.5. The number of hydrogen-bond acceptors (Lipinski definition) is 8. The lowest BCUT2D eigenvalue weighted by Crippen LogP contribution is -2.43. The molecule has 0 atom stereocenters. The van der Waals surface area contributed by atoms with Crippen LogP contribution in [-0.4, -0.2) is 68.8 Å². The van der Waals surface area contributed by atoms with E-state index in [9.17, 15) is 8.42 Å². The van der Waals surface area contributed by atoms with Crippen LogP contribution in [0.5, 0.6) is 11.5 Å². The molecule has 170 valence electrons. The summed E-state index contributed by atoms with van der Waals surface area (Å²) < 4.78 is 39.9. The van der Waals surface area contributed by atoms with Crippen LogP contribution in [0, 0.1) is 0 Å². The summed E-state index contributed by atoms with van der Waals surface area (Å²) >= 11 is 0. The summed E-state index contributed by atoms with van der Waals surface area (Å²) in [5.41, 5.74) is 2.60. The molecule has 0 saturated carbocycles. The second-order valence-corrected chi connectivity index (χ2v) is 8.98. The van der Waals surface area contributed by atoms with Gasteiger partial charge in [0.25, 0.3) is 16.5 Å². The Hall–Kier alpha value is -3.31. The fraction of sp³-hybridized carbons (Fsp3) is 0.333. The first-order valence-electron chi connectivity index (χ1n) is 10.1. The van der Waals surface area contributed by atoms with Crippen molar-refractivity contribution < 1.29 is 27.8 Å². The van der Waals surface area contributed by atoms with Crippen molar-refractivity contribution in [3.8, 4) is 11.5 Å². The molecular weight excluding hydrogens is 436 g/mol. The van der Waals surface area contributed by atoms with Crippen LogP contribution in [0.3, 0.4) is 0 Å². The molecule has 0 bridgehead atoms. The summed E-state index contributed by atoms with van der Waals surface area (Å²) in [6.45, 7) is 3.49. The SMILES string of the molecule is COc1ccnc2c(N3CCNCC3)cn(S(=O)(=O)c3cccc4c3CCO4)c12.O=CO. The van der Waals surface area contributed by atoms with Crippen LogP contribution >= 0.6 is 0 Å². The molecule has 1 aromatic carbocycles. The van der Waals surface area contributed by atoms with Gasteiger partial charge in [-0.3, -0.25) is 9.78 Å². The number of hydrogen-bond donors (Lipinski definition) is 2. The topological polar surface area (TPSA) is 123 Å². The van der Waals surface area contributed by atoms with E-state index >= 15 is 0 Å². The van der Waals surface area contributed by atoms with Gasteiger partial charge in [0.2, 0.25) is 0 Å². The average Bonchev–Trinajstić information content (AvgIpc) is 3.45. The van der Waals surface area contributed by atoms with Crippen molar-refractivity contribution in [2.75, 3.05) is 44.8 Å². The van der Waals surface area contributed by atoms with Gasteiger partial charge in [-0.1, -0.05) is 6.07 Å². The molecule has 2 N–H and O–H groups in total. The zero-order valence-corrected chi connectivity index (χ0v) is 18.3. The molecular formula is C21H24N4O6S. The van der Waals surface area contributed by atoms with Gasteiger partial charge in [-0.15, -0.1) is 0 Å². The number of carbonyl (C=O) groups is 1. The van der Waals surface area contributed by atoms with E-state index in [0.717, 1.165) is 37.4 Å². The second kappa shape index (κ2) is 9.05. The standard InChI is InChI=1S/C20H22N4O4S.CH2O2/c1-27-17-5-7-22-19-15(23-10-8-21-9-11-23)13-24(20(17)19)29(25,26)18-4-2-3-16-14(18)6-12-28-16;2-1-3/h2-5,7,13,21H,6,8-12H2,1H3;1H,(H,2,3). The predicted molar refractivity (Wildman–Crippen MR) is 118 cm³/mol. The zero-order valence-electron chi connectivity index (χ0n) is 17.5. The van der Waals surface area contributed by atoms with Gasteiger partial charge in [0.15, 0.2) is 0 Å². The number of nitrogens with zero attached hydrogens (tertiary/aromatic N) is 3. The summed E-state index contributed by atoms with van der Waals surface area (Å²) in [5, 5.41) is 10.2. The third-order valence-corrected chi connectivity index (χ3v) is 7.25. The highest BCUT2D eigenvalue weighted by atomic mass is 32.2. The number of anilines is 1. The monoisotopic (exact) mass is 460 g/mol. The smallest absolute Gasteiger partial charge is 0.290 e. The molecule has 1 saturated heterocycles. The van der Waals surface area contributed by atoms with E-state index in [1.54, 1.807) is 30.6 Å². The van der Waals surface area contributed by atoms with E-state index in [0.29, 0.717) is 35.6 Å². The number of ether oxygens (including phenoxy) is 2. The predicted octanol–water partition coefficient (Wildman–Crippen LogP) is 1.33. The third kappa shape index (κ3) is 3.73. The third-order valence-electron chi connectivity index (χ3n) is 5.50. The summed E-state index contributed by atoms with van der Waals surface area (Å²) in [6, 6.07) is 6.86. The minimum atomic E-state index is -3.87. The second-order valence-electron chi connectivity index (χ2n) is 7.20. The number of fused-ring (bicyclic) bond motifs is 2. The summed E-state index contributed by atoms with van der Waals surface area (Å²) in [7, 11) is -2.33. The highest BCUT2D eigenvalue weighted by Crippen LogP contribution is 2.38. The van der Waals surface area contributed by atoms with Gasteiger partial charge in [-0.25, -0.2) is 12.4 Å². The Balaban J connectivity index is 0.000000775. The zero-order chi connectivity index (χ0) is 22.7. The van der Waals surface area contributed by atoms with Crippen LogP contribution < -0.4 is 19.7 Å². The fourth-order valence-electron chi connectivity index (χ4n) is 4.10. The first kappa shape index (κ1) is 21.9. The molecule has 0 radical (unpaired) electrons. The van der Waals surface area contributed by atoms with Crippen LogP contribution in [0.4, 0.5) is 5.69 Å². The van der Waals surface area contributed by atoms with Crippen LogP contribution in [-0.2, 0) is 21.2 Å². The van der Waals surface area contributed by atoms with E-state index in [2.05, 4.69) is 15.2 Å². The quantitative estimate of drug-likeness (QED) is 0.555. The molecule has 0 spiro atoms. The molecule has 5 rings (SSSR count). The number of methoxy groups -OCH3 is 1. The van der Waals surface area contributed by atoms with Crippen molar-refractivity contribution in [3.05, 3.63) is 42.2 Å². The molecule has 3 aromatic rings. The Morgan fingerprint density at radius 1 is 1.25 bits per heavy atom. The number of carboxylic acid groups (broad SMARTS) is 1.